The van der Waals surface area contributed by atoms with E-state index in [1.165, 1.54) is 11.1 Å². The second-order valence-corrected chi connectivity index (χ2v) is 43.6. The van der Waals surface area contributed by atoms with Gasteiger partial charge < -0.3 is 0 Å². The molecule has 0 N–H and O–H groups in total. The molecule has 2 nitrogen and oxygen atoms in total. The van der Waals surface area contributed by atoms with E-state index in [0.717, 1.165) is 0 Å². The van der Waals surface area contributed by atoms with Crippen molar-refractivity contribution in [3.8, 4) is 0 Å². The summed E-state index contributed by atoms with van der Waals surface area (Å²) in [6, 6.07) is 6.55. The van der Waals surface area contributed by atoms with Gasteiger partial charge in [0, 0.05) is 0 Å². The van der Waals surface area contributed by atoms with Crippen LogP contribution in [0.15, 0.2) is 18.2 Å². The van der Waals surface area contributed by atoms with Crippen LogP contribution in [0.25, 0.3) is 0 Å². The Kier molecular flexibility index (Phi) is 8.35. The zero-order valence-corrected chi connectivity index (χ0v) is 21.5. The van der Waals surface area contributed by atoms with E-state index in [9.17, 15) is 0 Å². The summed E-state index contributed by atoms with van der Waals surface area (Å²) in [5.74, 6) is 0. The Morgan fingerprint density at radius 1 is 0.857 bits per heavy atom. The zero-order chi connectivity index (χ0) is 16.3. The average molecular weight is 712 g/mol. The van der Waals surface area contributed by atoms with Crippen LogP contribution in [0.2, 0.25) is 0 Å². The maximum absolute atomic E-state index is 5.99. The van der Waals surface area contributed by atoms with E-state index in [4.69, 9.17) is 9.47 Å². The second kappa shape index (κ2) is 8.54. The van der Waals surface area contributed by atoms with E-state index >= 15 is 0 Å². The normalized spacial score (nSPS) is 13.0. The second-order valence-electron chi connectivity index (χ2n) is 6.96. The third kappa shape index (κ3) is 8.23. The molecular formula is C16H25BiI2O2. The fourth-order valence-electron chi connectivity index (χ4n) is 1.68. The molecule has 5 heteroatoms. The van der Waals surface area contributed by atoms with Crippen molar-refractivity contribution in [2.45, 2.75) is 66.0 Å². The number of hydrogen-bond acceptors (Lipinski definition) is 2. The molecule has 0 atom stereocenters. The molecule has 0 fully saturated rings. The van der Waals surface area contributed by atoms with Gasteiger partial charge in [-0.25, -0.2) is 0 Å². The van der Waals surface area contributed by atoms with Gasteiger partial charge in [-0.2, -0.15) is 0 Å². The van der Waals surface area contributed by atoms with Crippen molar-refractivity contribution in [1.82, 2.24) is 0 Å². The Morgan fingerprint density at radius 3 is 1.52 bits per heavy atom. The van der Waals surface area contributed by atoms with Crippen molar-refractivity contribution in [1.29, 1.82) is 0 Å². The summed E-state index contributed by atoms with van der Waals surface area (Å²) in [7, 11) is 0. The fourth-order valence-corrected chi connectivity index (χ4v) is 15.3. The van der Waals surface area contributed by atoms with Crippen LogP contribution in [0.5, 0.6) is 0 Å². The summed E-state index contributed by atoms with van der Waals surface area (Å²) in [5, 5.41) is 0. The predicted molar refractivity (Wildman–Crippen MR) is 109 cm³/mol. The van der Waals surface area contributed by atoms with Crippen LogP contribution < -0.4 is 3.27 Å². The van der Waals surface area contributed by atoms with E-state index in [2.05, 4.69) is 95.8 Å². The molecule has 0 aliphatic carbocycles. The van der Waals surface area contributed by atoms with Gasteiger partial charge in [-0.15, -0.1) is 0 Å². The molecule has 0 aromatic heterocycles. The molecule has 0 bridgehead atoms. The number of halogens is 2. The summed E-state index contributed by atoms with van der Waals surface area (Å²) in [6.07, 6.45) is 0. The molecule has 0 heterocycles. The van der Waals surface area contributed by atoms with E-state index < -0.39 is 13.4 Å². The van der Waals surface area contributed by atoms with Crippen LogP contribution in [0.4, 0.5) is 0 Å². The Morgan fingerprint density at radius 2 is 1.24 bits per heavy atom. The number of hydrogen-bond donors (Lipinski definition) is 0. The van der Waals surface area contributed by atoms with Gasteiger partial charge in [0.15, 0.2) is 0 Å². The quantitative estimate of drug-likeness (QED) is 0.321. The van der Waals surface area contributed by atoms with Gasteiger partial charge in [-0.1, -0.05) is 0 Å². The van der Waals surface area contributed by atoms with Crippen LogP contribution >= 0.6 is 36.1 Å². The van der Waals surface area contributed by atoms with Gasteiger partial charge in [0.1, 0.15) is 0 Å². The van der Waals surface area contributed by atoms with Gasteiger partial charge in [-0.3, -0.25) is 0 Å². The topological polar surface area (TPSA) is 18.5 Å². The van der Waals surface area contributed by atoms with E-state index in [0.29, 0.717) is 13.2 Å². The molecule has 0 saturated carbocycles. The van der Waals surface area contributed by atoms with Crippen molar-refractivity contribution in [2.75, 3.05) is 0 Å². The molecule has 0 amide bonds. The first-order valence-electron chi connectivity index (χ1n) is 7.00. The third-order valence-corrected chi connectivity index (χ3v) is 14.7. The minimum absolute atomic E-state index is 0.101. The van der Waals surface area contributed by atoms with Gasteiger partial charge in [0.2, 0.25) is 0 Å². The molecule has 21 heavy (non-hydrogen) atoms. The van der Waals surface area contributed by atoms with Crippen molar-refractivity contribution >= 4 is 52.7 Å². The first kappa shape index (κ1) is 20.5. The van der Waals surface area contributed by atoms with Crippen molar-refractivity contribution < 1.29 is 9.47 Å². The monoisotopic (exact) mass is 712 g/mol. The zero-order valence-electron chi connectivity index (χ0n) is 13.7. The number of benzene rings is 1. The summed E-state index contributed by atoms with van der Waals surface area (Å²) in [6.45, 7) is 14.0. The molecule has 0 saturated heterocycles. The van der Waals surface area contributed by atoms with Gasteiger partial charge in [-0.05, 0) is 0 Å². The molecule has 0 spiro atoms. The van der Waals surface area contributed by atoms with Crippen LogP contribution in [-0.4, -0.2) is 24.6 Å². The molecule has 0 radical (unpaired) electrons. The predicted octanol–water partition coefficient (Wildman–Crippen LogP) is 4.88. The molecule has 0 unspecified atom stereocenters. The third-order valence-electron chi connectivity index (χ3n) is 2.69. The number of ether oxygens (including phenoxy) is 2. The van der Waals surface area contributed by atoms with E-state index in [-0.39, 0.29) is 11.2 Å². The maximum atomic E-state index is 5.99. The number of rotatable bonds is 5. The van der Waals surface area contributed by atoms with Gasteiger partial charge >= 0.3 is 157 Å². The van der Waals surface area contributed by atoms with Crippen molar-refractivity contribution in [3.63, 3.8) is 0 Å². The Balaban J connectivity index is 2.98. The summed E-state index contributed by atoms with van der Waals surface area (Å²) in [4.78, 5) is 0. The first-order valence-corrected chi connectivity index (χ1v) is 28.3. The fraction of sp³-hybridized carbons (Fsp3) is 0.625. The molecular weight excluding hydrogens is 687 g/mol. The molecule has 0 aliphatic heterocycles. The summed E-state index contributed by atoms with van der Waals surface area (Å²) in [5.41, 5.74) is 2.49. The van der Waals surface area contributed by atoms with Crippen LogP contribution in [0.3, 0.4) is 0 Å². The summed E-state index contributed by atoms with van der Waals surface area (Å²) >= 11 is 3.67. The molecule has 1 rings (SSSR count). The molecule has 120 valence electrons. The molecule has 1 aromatic rings. The van der Waals surface area contributed by atoms with Crippen molar-refractivity contribution in [2.24, 2.45) is 0 Å². The standard InChI is InChI=1S/C16H25O2.Bi.2HI/c1-15(2,3)17-11-13-8-7-9-14(10-13)12-18-16(4,5)6;;;/h7-9H,11-12H2,1-6H3;;2*1H/q;+2;;/p-2. The van der Waals surface area contributed by atoms with Crippen molar-refractivity contribution in [3.05, 3.63) is 29.3 Å². The molecule has 1 aromatic carbocycles. The SMILES string of the molecule is CC(C)(C)OCc1cccc(COC(C)(C)C)[c]1[Bi]([I])[I]. The van der Waals surface area contributed by atoms with E-state index in [1.807, 2.05) is 0 Å². The van der Waals surface area contributed by atoms with Gasteiger partial charge in [0.25, 0.3) is 0 Å². The van der Waals surface area contributed by atoms with Crippen LogP contribution in [0.1, 0.15) is 52.7 Å². The molecule has 0 aliphatic rings. The van der Waals surface area contributed by atoms with E-state index in [1.54, 1.807) is 3.27 Å². The minimum atomic E-state index is -1.65. The first-order chi connectivity index (χ1) is 9.49. The Bertz CT molecular complexity index is 426. The Hall–Kier alpha value is 1.48. The van der Waals surface area contributed by atoms with Gasteiger partial charge in [0.05, 0.1) is 0 Å². The average Bonchev–Trinajstić information content (AvgIpc) is 2.31. The Labute approximate surface area is 155 Å². The summed E-state index contributed by atoms with van der Waals surface area (Å²) < 4.78 is 13.5. The van der Waals surface area contributed by atoms with Crippen LogP contribution in [0, 0.1) is 0 Å². The van der Waals surface area contributed by atoms with Crippen LogP contribution in [-0.2, 0) is 22.7 Å².